The summed E-state index contributed by atoms with van der Waals surface area (Å²) in [5.74, 6) is -2.75. The van der Waals surface area contributed by atoms with Crippen LogP contribution >= 0.6 is 11.6 Å². The first-order chi connectivity index (χ1) is 10.9. The Kier molecular flexibility index (Phi) is 5.13. The minimum Gasteiger partial charge on any atom is -0.507 e. The number of hydrogen-bond acceptors (Lipinski definition) is 3. The fourth-order valence-electron chi connectivity index (χ4n) is 1.81. The van der Waals surface area contributed by atoms with Gasteiger partial charge in [0.05, 0.1) is 0 Å². The summed E-state index contributed by atoms with van der Waals surface area (Å²) in [4.78, 5) is 23.7. The highest BCUT2D eigenvalue weighted by Gasteiger charge is 2.14. The largest absolute Gasteiger partial charge is 0.507 e. The molecule has 4 nitrogen and oxygen atoms in total. The number of anilines is 1. The van der Waals surface area contributed by atoms with Gasteiger partial charge in [-0.05, 0) is 48.9 Å². The molecule has 0 spiro atoms. The summed E-state index contributed by atoms with van der Waals surface area (Å²) < 4.78 is 12.8. The lowest BCUT2D eigenvalue weighted by Gasteiger charge is -2.07. The molecule has 23 heavy (non-hydrogen) atoms. The van der Waals surface area contributed by atoms with E-state index in [1.165, 1.54) is 18.2 Å². The van der Waals surface area contributed by atoms with Gasteiger partial charge in [0.25, 0.3) is 5.91 Å². The molecule has 0 aliphatic rings. The number of nitrogens with one attached hydrogen (secondary N) is 1. The van der Waals surface area contributed by atoms with Crippen LogP contribution in [-0.2, 0) is 9.59 Å². The van der Waals surface area contributed by atoms with Crippen molar-refractivity contribution in [2.45, 2.75) is 6.92 Å². The first-order valence-corrected chi connectivity index (χ1v) is 7.02. The summed E-state index contributed by atoms with van der Waals surface area (Å²) in [6.45, 7) is 1.75. The van der Waals surface area contributed by atoms with Gasteiger partial charge in [0, 0.05) is 22.3 Å². The third-order valence-electron chi connectivity index (χ3n) is 3.08. The molecule has 0 aromatic heterocycles. The van der Waals surface area contributed by atoms with Crippen molar-refractivity contribution in [1.29, 1.82) is 0 Å². The Morgan fingerprint density at radius 2 is 1.83 bits per heavy atom. The highest BCUT2D eigenvalue weighted by Crippen LogP contribution is 2.20. The molecule has 6 heteroatoms. The van der Waals surface area contributed by atoms with Crippen LogP contribution in [0.4, 0.5) is 10.1 Å². The van der Waals surface area contributed by atoms with Crippen LogP contribution < -0.4 is 5.32 Å². The van der Waals surface area contributed by atoms with Crippen molar-refractivity contribution >= 4 is 34.7 Å². The standard InChI is InChI=1S/C17H13ClFNO3/c1-10-2-5-12(18)8-14(10)20-17(23)16(22)9-15(21)11-3-6-13(19)7-4-11/h2-9,21H,1H3,(H,20,23)/b15-9-. The minimum atomic E-state index is -0.939. The van der Waals surface area contributed by atoms with E-state index in [1.807, 2.05) is 0 Å². The number of carbonyl (C=O) groups excluding carboxylic acids is 2. The van der Waals surface area contributed by atoms with Crippen LogP contribution in [0.1, 0.15) is 11.1 Å². The normalized spacial score (nSPS) is 11.2. The second-order valence-electron chi connectivity index (χ2n) is 4.81. The maximum Gasteiger partial charge on any atom is 0.296 e. The van der Waals surface area contributed by atoms with Crippen LogP contribution in [0.3, 0.4) is 0 Å². The molecule has 2 aromatic carbocycles. The highest BCUT2D eigenvalue weighted by molar-refractivity contribution is 6.45. The SMILES string of the molecule is Cc1ccc(Cl)cc1NC(=O)C(=O)/C=C(\O)c1ccc(F)cc1. The van der Waals surface area contributed by atoms with Crippen molar-refractivity contribution in [1.82, 2.24) is 0 Å². The topological polar surface area (TPSA) is 66.4 Å². The predicted octanol–water partition coefficient (Wildman–Crippen LogP) is 3.89. The van der Waals surface area contributed by atoms with E-state index in [-0.39, 0.29) is 5.56 Å². The number of ketones is 1. The first-order valence-electron chi connectivity index (χ1n) is 6.65. The summed E-state index contributed by atoms with van der Waals surface area (Å²) in [7, 11) is 0. The van der Waals surface area contributed by atoms with Crippen molar-refractivity contribution in [2.24, 2.45) is 0 Å². The molecule has 0 fully saturated rings. The fraction of sp³-hybridized carbons (Fsp3) is 0.0588. The quantitative estimate of drug-likeness (QED) is 0.506. The molecule has 0 bridgehead atoms. The number of hydrogen-bond donors (Lipinski definition) is 2. The smallest absolute Gasteiger partial charge is 0.296 e. The monoisotopic (exact) mass is 333 g/mol. The number of aliphatic hydroxyl groups excluding tert-OH is 1. The molecule has 118 valence electrons. The molecular weight excluding hydrogens is 321 g/mol. The van der Waals surface area contributed by atoms with Gasteiger partial charge in [0.15, 0.2) is 0 Å². The van der Waals surface area contributed by atoms with Gasteiger partial charge >= 0.3 is 0 Å². The molecule has 0 heterocycles. The average molecular weight is 334 g/mol. The Morgan fingerprint density at radius 3 is 2.48 bits per heavy atom. The van der Waals surface area contributed by atoms with Crippen LogP contribution in [0.5, 0.6) is 0 Å². The fourth-order valence-corrected chi connectivity index (χ4v) is 1.98. The molecule has 0 unspecified atom stereocenters. The molecular formula is C17H13ClFNO3. The zero-order valence-corrected chi connectivity index (χ0v) is 12.9. The lowest BCUT2D eigenvalue weighted by Crippen LogP contribution is -2.21. The van der Waals surface area contributed by atoms with Crippen molar-refractivity contribution in [3.05, 3.63) is 70.5 Å². The number of aliphatic hydroxyl groups is 1. The second-order valence-corrected chi connectivity index (χ2v) is 5.25. The van der Waals surface area contributed by atoms with Crippen LogP contribution in [0.2, 0.25) is 5.02 Å². The first kappa shape index (κ1) is 16.7. The van der Waals surface area contributed by atoms with E-state index < -0.39 is 23.3 Å². The zero-order chi connectivity index (χ0) is 17.0. The molecule has 2 rings (SSSR count). The van der Waals surface area contributed by atoms with Gasteiger partial charge in [-0.2, -0.15) is 0 Å². The molecule has 0 aliphatic heterocycles. The molecule has 0 aliphatic carbocycles. The highest BCUT2D eigenvalue weighted by atomic mass is 35.5. The summed E-state index contributed by atoms with van der Waals surface area (Å²) in [6.07, 6.45) is 0.780. The number of benzene rings is 2. The number of amides is 1. The van der Waals surface area contributed by atoms with Crippen molar-refractivity contribution in [3.63, 3.8) is 0 Å². The Labute approximate surface area is 137 Å². The van der Waals surface area contributed by atoms with Gasteiger partial charge in [-0.1, -0.05) is 17.7 Å². The summed E-state index contributed by atoms with van der Waals surface area (Å²) in [5, 5.41) is 12.7. The molecule has 0 radical (unpaired) electrons. The lowest BCUT2D eigenvalue weighted by atomic mass is 10.1. The van der Waals surface area contributed by atoms with E-state index in [2.05, 4.69) is 5.32 Å². The minimum absolute atomic E-state index is 0.228. The van der Waals surface area contributed by atoms with E-state index in [1.54, 1.807) is 19.1 Å². The molecule has 0 atom stereocenters. The number of halogens is 2. The van der Waals surface area contributed by atoms with Gasteiger partial charge < -0.3 is 10.4 Å². The van der Waals surface area contributed by atoms with Gasteiger partial charge in [0.1, 0.15) is 11.6 Å². The van der Waals surface area contributed by atoms with E-state index in [4.69, 9.17) is 11.6 Å². The van der Waals surface area contributed by atoms with Crippen molar-refractivity contribution in [2.75, 3.05) is 5.32 Å². The molecule has 2 aromatic rings. The van der Waals surface area contributed by atoms with Gasteiger partial charge in [-0.25, -0.2) is 4.39 Å². The molecule has 0 saturated heterocycles. The van der Waals surface area contributed by atoms with Crippen molar-refractivity contribution < 1.29 is 19.1 Å². The third-order valence-corrected chi connectivity index (χ3v) is 3.31. The van der Waals surface area contributed by atoms with Crippen LogP contribution in [0.25, 0.3) is 5.76 Å². The summed E-state index contributed by atoms with van der Waals surface area (Å²) in [6, 6.07) is 9.76. The van der Waals surface area contributed by atoms with Gasteiger partial charge in [-0.15, -0.1) is 0 Å². The molecule has 1 amide bonds. The lowest BCUT2D eigenvalue weighted by molar-refractivity contribution is -0.131. The second kappa shape index (κ2) is 7.07. The Balaban J connectivity index is 2.13. The van der Waals surface area contributed by atoms with E-state index in [0.29, 0.717) is 10.7 Å². The third kappa shape index (κ3) is 4.40. The van der Waals surface area contributed by atoms with Crippen LogP contribution in [0.15, 0.2) is 48.5 Å². The van der Waals surface area contributed by atoms with E-state index in [0.717, 1.165) is 23.8 Å². The maximum absolute atomic E-state index is 12.8. The maximum atomic E-state index is 12.8. The molecule has 0 saturated carbocycles. The van der Waals surface area contributed by atoms with E-state index >= 15 is 0 Å². The Hall–Kier alpha value is -2.66. The number of carbonyl (C=O) groups is 2. The Morgan fingerprint density at radius 1 is 1.17 bits per heavy atom. The van der Waals surface area contributed by atoms with Gasteiger partial charge in [0.2, 0.25) is 5.78 Å². The van der Waals surface area contributed by atoms with Crippen molar-refractivity contribution in [3.8, 4) is 0 Å². The number of rotatable bonds is 4. The van der Waals surface area contributed by atoms with E-state index in [9.17, 15) is 19.1 Å². The average Bonchev–Trinajstić information content (AvgIpc) is 2.51. The number of aryl methyl sites for hydroxylation is 1. The van der Waals surface area contributed by atoms with Crippen LogP contribution in [0, 0.1) is 12.7 Å². The summed E-state index contributed by atoms with van der Waals surface area (Å²) >= 11 is 5.84. The van der Waals surface area contributed by atoms with Crippen LogP contribution in [-0.4, -0.2) is 16.8 Å². The zero-order valence-electron chi connectivity index (χ0n) is 12.1. The molecule has 2 N–H and O–H groups in total. The van der Waals surface area contributed by atoms with Gasteiger partial charge in [-0.3, -0.25) is 9.59 Å². The Bertz CT molecular complexity index is 785. The summed E-state index contributed by atoms with van der Waals surface area (Å²) in [5.41, 5.74) is 1.37. The predicted molar refractivity (Wildman–Crippen MR) is 86.8 cm³/mol.